The molecule has 160 valence electrons. The summed E-state index contributed by atoms with van der Waals surface area (Å²) in [4.78, 5) is 26.3. The van der Waals surface area contributed by atoms with Crippen LogP contribution in [0.25, 0.3) is 0 Å². The highest BCUT2D eigenvalue weighted by Crippen LogP contribution is 2.23. The lowest BCUT2D eigenvalue weighted by atomic mass is 9.95. The van der Waals surface area contributed by atoms with Gasteiger partial charge >= 0.3 is 0 Å². The summed E-state index contributed by atoms with van der Waals surface area (Å²) in [6, 6.07) is 9.52. The highest BCUT2D eigenvalue weighted by molar-refractivity contribution is 7.99. The first kappa shape index (κ1) is 22.0. The minimum atomic E-state index is -0.346. The van der Waals surface area contributed by atoms with Crippen LogP contribution >= 0.6 is 11.8 Å². The van der Waals surface area contributed by atoms with E-state index in [1.54, 1.807) is 0 Å². The van der Waals surface area contributed by atoms with Crippen molar-refractivity contribution < 1.29 is 14.0 Å². The van der Waals surface area contributed by atoms with Crippen molar-refractivity contribution in [3.05, 3.63) is 42.2 Å². The van der Waals surface area contributed by atoms with Gasteiger partial charge in [-0.1, -0.05) is 11.8 Å². The van der Waals surface area contributed by atoms with E-state index in [1.807, 2.05) is 26.0 Å². The van der Waals surface area contributed by atoms with Gasteiger partial charge in [0.25, 0.3) is 0 Å². The maximum Gasteiger partial charge on any atom is 0.234 e. The lowest BCUT2D eigenvalue weighted by Gasteiger charge is -2.32. The zero-order valence-electron chi connectivity index (χ0n) is 17.1. The Morgan fingerprint density at radius 3 is 2.43 bits per heavy atom. The number of aromatic nitrogens is 2. The largest absolute Gasteiger partial charge is 0.355 e. The number of anilines is 2. The van der Waals surface area contributed by atoms with E-state index in [4.69, 9.17) is 0 Å². The molecule has 7 nitrogen and oxygen atoms in total. The third kappa shape index (κ3) is 6.41. The van der Waals surface area contributed by atoms with Crippen molar-refractivity contribution in [1.82, 2.24) is 15.5 Å². The van der Waals surface area contributed by atoms with Crippen molar-refractivity contribution in [3.8, 4) is 0 Å². The van der Waals surface area contributed by atoms with Crippen molar-refractivity contribution in [3.63, 3.8) is 0 Å². The number of carbonyl (C=O) groups is 2. The van der Waals surface area contributed by atoms with E-state index in [2.05, 4.69) is 25.7 Å². The van der Waals surface area contributed by atoms with Gasteiger partial charge in [0.05, 0.1) is 5.75 Å². The van der Waals surface area contributed by atoms with E-state index in [0.717, 1.165) is 31.7 Å². The third-order valence-electron chi connectivity index (χ3n) is 4.73. The van der Waals surface area contributed by atoms with Gasteiger partial charge in [-0.15, -0.1) is 10.2 Å². The molecule has 0 atom stereocenters. The summed E-state index contributed by atoms with van der Waals surface area (Å²) in [7, 11) is 0. The first-order valence-corrected chi connectivity index (χ1v) is 11.0. The second kappa shape index (κ2) is 10.4. The van der Waals surface area contributed by atoms with Crippen LogP contribution in [0.3, 0.4) is 0 Å². The molecule has 1 fully saturated rings. The summed E-state index contributed by atoms with van der Waals surface area (Å²) in [6.45, 7) is 5.46. The van der Waals surface area contributed by atoms with Gasteiger partial charge in [0.1, 0.15) is 10.8 Å². The van der Waals surface area contributed by atoms with E-state index >= 15 is 0 Å². The maximum absolute atomic E-state index is 12.9. The van der Waals surface area contributed by atoms with Gasteiger partial charge in [-0.3, -0.25) is 9.59 Å². The predicted octanol–water partition coefficient (Wildman–Crippen LogP) is 3.09. The highest BCUT2D eigenvalue weighted by Gasteiger charge is 2.26. The van der Waals surface area contributed by atoms with Crippen LogP contribution in [0.1, 0.15) is 26.7 Å². The molecule has 2 N–H and O–H groups in total. The summed E-state index contributed by atoms with van der Waals surface area (Å²) in [5, 5.41) is 14.8. The summed E-state index contributed by atoms with van der Waals surface area (Å²) in [5.41, 5.74) is 0.550. The Kier molecular flexibility index (Phi) is 7.62. The molecular weight excluding hydrogens is 405 g/mol. The van der Waals surface area contributed by atoms with Crippen LogP contribution in [0.15, 0.2) is 41.4 Å². The fourth-order valence-electron chi connectivity index (χ4n) is 3.20. The first-order chi connectivity index (χ1) is 14.4. The van der Waals surface area contributed by atoms with Crippen molar-refractivity contribution in [2.75, 3.05) is 29.1 Å². The molecular formula is C21H26FN5O2S. The molecule has 1 aliphatic heterocycles. The molecule has 2 aromatic rings. The molecule has 1 saturated heterocycles. The lowest BCUT2D eigenvalue weighted by Crippen LogP contribution is -2.42. The lowest BCUT2D eigenvalue weighted by molar-refractivity contribution is -0.126. The van der Waals surface area contributed by atoms with Crippen LogP contribution in [0.5, 0.6) is 0 Å². The van der Waals surface area contributed by atoms with E-state index < -0.39 is 0 Å². The molecule has 1 aromatic carbocycles. The number of carbonyl (C=O) groups excluding carboxylic acids is 2. The number of piperidine rings is 1. The van der Waals surface area contributed by atoms with Gasteiger partial charge < -0.3 is 15.5 Å². The monoisotopic (exact) mass is 431 g/mol. The Morgan fingerprint density at radius 2 is 1.83 bits per heavy atom. The summed E-state index contributed by atoms with van der Waals surface area (Å²) in [6.07, 6.45) is 1.58. The zero-order valence-corrected chi connectivity index (χ0v) is 17.9. The number of nitrogens with one attached hydrogen (secondary N) is 2. The van der Waals surface area contributed by atoms with Crippen LogP contribution in [0.2, 0.25) is 0 Å². The van der Waals surface area contributed by atoms with Gasteiger partial charge in [0, 0.05) is 30.7 Å². The second-order valence-electron chi connectivity index (χ2n) is 7.50. The standard InChI is InChI=1S/C21H26FN5O2S/c1-14(2)23-21(29)15-9-11-27(12-10-15)18-7-8-20(26-25-18)30-13-19(28)24-17-5-3-16(22)4-6-17/h3-8,14-15H,9-13H2,1-2H3,(H,23,29)(H,24,28). The summed E-state index contributed by atoms with van der Waals surface area (Å²) >= 11 is 1.29. The number of hydrogen-bond donors (Lipinski definition) is 2. The minimum Gasteiger partial charge on any atom is -0.355 e. The van der Waals surface area contributed by atoms with Crippen LogP contribution in [0, 0.1) is 11.7 Å². The molecule has 0 spiro atoms. The molecule has 2 amide bonds. The van der Waals surface area contributed by atoms with Gasteiger partial charge in [-0.2, -0.15) is 0 Å². The molecule has 30 heavy (non-hydrogen) atoms. The van der Waals surface area contributed by atoms with Gasteiger partial charge in [0.2, 0.25) is 11.8 Å². The molecule has 0 saturated carbocycles. The van der Waals surface area contributed by atoms with E-state index in [9.17, 15) is 14.0 Å². The molecule has 1 aliphatic rings. The van der Waals surface area contributed by atoms with Crippen molar-refractivity contribution in [2.24, 2.45) is 5.92 Å². The molecule has 3 rings (SSSR count). The maximum atomic E-state index is 12.9. The number of thioether (sulfide) groups is 1. The first-order valence-electron chi connectivity index (χ1n) is 9.98. The quantitative estimate of drug-likeness (QED) is 0.655. The number of halogens is 1. The van der Waals surface area contributed by atoms with Crippen LogP contribution in [0.4, 0.5) is 15.9 Å². The van der Waals surface area contributed by atoms with E-state index in [1.165, 1.54) is 36.0 Å². The fraction of sp³-hybridized carbons (Fsp3) is 0.429. The number of benzene rings is 1. The summed E-state index contributed by atoms with van der Waals surface area (Å²) < 4.78 is 12.9. The molecule has 1 aromatic heterocycles. The Hall–Kier alpha value is -2.68. The van der Waals surface area contributed by atoms with Crippen molar-refractivity contribution >= 4 is 35.1 Å². The van der Waals surface area contributed by atoms with E-state index in [-0.39, 0.29) is 35.3 Å². The van der Waals surface area contributed by atoms with Gasteiger partial charge in [0.15, 0.2) is 5.82 Å². The van der Waals surface area contributed by atoms with Gasteiger partial charge in [-0.05, 0) is 63.1 Å². The smallest absolute Gasteiger partial charge is 0.234 e. The van der Waals surface area contributed by atoms with Crippen LogP contribution in [-0.2, 0) is 9.59 Å². The number of hydrogen-bond acceptors (Lipinski definition) is 6. The molecule has 2 heterocycles. The molecule has 0 bridgehead atoms. The third-order valence-corrected chi connectivity index (χ3v) is 5.65. The van der Waals surface area contributed by atoms with Gasteiger partial charge in [-0.25, -0.2) is 4.39 Å². The molecule has 9 heteroatoms. The van der Waals surface area contributed by atoms with E-state index in [0.29, 0.717) is 10.7 Å². The van der Waals surface area contributed by atoms with Crippen molar-refractivity contribution in [1.29, 1.82) is 0 Å². The SMILES string of the molecule is CC(C)NC(=O)C1CCN(c2ccc(SCC(=O)Nc3ccc(F)cc3)nn2)CC1. The normalized spacial score (nSPS) is 14.6. The minimum absolute atomic E-state index is 0.0473. The number of rotatable bonds is 7. The second-order valence-corrected chi connectivity index (χ2v) is 8.49. The van der Waals surface area contributed by atoms with Crippen molar-refractivity contribution in [2.45, 2.75) is 37.8 Å². The number of amides is 2. The Labute approximate surface area is 179 Å². The van der Waals surface area contributed by atoms with Crippen LogP contribution < -0.4 is 15.5 Å². The molecule has 0 aliphatic carbocycles. The topological polar surface area (TPSA) is 87.2 Å². The molecule has 0 radical (unpaired) electrons. The predicted molar refractivity (Wildman–Crippen MR) is 116 cm³/mol. The highest BCUT2D eigenvalue weighted by atomic mass is 32.2. The summed E-state index contributed by atoms with van der Waals surface area (Å²) in [5.74, 6) is 0.590. The fourth-order valence-corrected chi connectivity index (χ4v) is 3.82. The average Bonchev–Trinajstić information content (AvgIpc) is 2.74. The Bertz CT molecular complexity index is 853. The number of nitrogens with zero attached hydrogens (tertiary/aromatic N) is 3. The Balaban J connectivity index is 1.44. The zero-order chi connectivity index (χ0) is 21.5. The van der Waals surface area contributed by atoms with Crippen LogP contribution in [-0.4, -0.2) is 46.9 Å². The Morgan fingerprint density at radius 1 is 1.13 bits per heavy atom. The average molecular weight is 432 g/mol. The molecule has 0 unspecified atom stereocenters.